The van der Waals surface area contributed by atoms with Crippen molar-refractivity contribution in [1.82, 2.24) is 15.2 Å². The third kappa shape index (κ3) is 3.25. The molecule has 0 radical (unpaired) electrons. The summed E-state index contributed by atoms with van der Waals surface area (Å²) in [5, 5.41) is 11.7. The van der Waals surface area contributed by atoms with Crippen LogP contribution in [0.5, 0.6) is 0 Å². The van der Waals surface area contributed by atoms with Gasteiger partial charge in [-0.15, -0.1) is 5.10 Å². The number of carbonyl (C=O) groups is 1. The Morgan fingerprint density at radius 3 is 2.57 bits per heavy atom. The van der Waals surface area contributed by atoms with Crippen LogP contribution in [0.3, 0.4) is 0 Å². The van der Waals surface area contributed by atoms with Gasteiger partial charge in [-0.1, -0.05) is 6.07 Å². The van der Waals surface area contributed by atoms with Gasteiger partial charge in [0.15, 0.2) is 0 Å². The van der Waals surface area contributed by atoms with Crippen LogP contribution in [0.2, 0.25) is 0 Å². The number of carbonyl (C=O) groups excluding carboxylic acids is 1. The highest BCUT2D eigenvalue weighted by molar-refractivity contribution is 6.07. The molecule has 0 bridgehead atoms. The monoisotopic (exact) mass is 297 g/mol. The minimum absolute atomic E-state index is 0.0954. The molecule has 6 nitrogen and oxygen atoms in total. The summed E-state index contributed by atoms with van der Waals surface area (Å²) < 4.78 is 38.7. The molecule has 110 valence electrons. The molecule has 0 saturated heterocycles. The molecule has 0 unspecified atom stereocenters. The molecule has 1 aromatic carbocycles. The number of amides is 1. The average Bonchev–Trinajstić information content (AvgIpc) is 2.46. The maximum atomic E-state index is 12.9. The van der Waals surface area contributed by atoms with Crippen LogP contribution < -0.4 is 10.6 Å². The second-order valence-electron chi connectivity index (χ2n) is 3.90. The summed E-state index contributed by atoms with van der Waals surface area (Å²) in [7, 11) is 1.31. The first-order valence-electron chi connectivity index (χ1n) is 5.76. The van der Waals surface area contributed by atoms with Gasteiger partial charge < -0.3 is 5.32 Å². The zero-order valence-corrected chi connectivity index (χ0v) is 10.8. The number of alkyl halides is 3. The summed E-state index contributed by atoms with van der Waals surface area (Å²) in [5.74, 6) is -0.861. The molecule has 0 fully saturated rings. The number of halogens is 3. The fourth-order valence-electron chi connectivity index (χ4n) is 1.72. The molecule has 21 heavy (non-hydrogen) atoms. The van der Waals surface area contributed by atoms with Crippen LogP contribution in [0.1, 0.15) is 15.9 Å². The van der Waals surface area contributed by atoms with E-state index in [1.165, 1.54) is 25.5 Å². The van der Waals surface area contributed by atoms with Crippen molar-refractivity contribution < 1.29 is 18.0 Å². The summed E-state index contributed by atoms with van der Waals surface area (Å²) in [5.41, 5.74) is -1.41. The molecule has 1 amide bonds. The van der Waals surface area contributed by atoms with Crippen molar-refractivity contribution in [3.05, 3.63) is 41.7 Å². The van der Waals surface area contributed by atoms with E-state index in [9.17, 15) is 18.0 Å². The van der Waals surface area contributed by atoms with Gasteiger partial charge in [0.25, 0.3) is 5.91 Å². The molecule has 2 aromatic rings. The van der Waals surface area contributed by atoms with Crippen molar-refractivity contribution in [3.8, 4) is 0 Å². The van der Waals surface area contributed by atoms with Crippen molar-refractivity contribution >= 4 is 17.5 Å². The highest BCUT2D eigenvalue weighted by atomic mass is 19.4. The molecule has 9 heteroatoms. The zero-order valence-electron chi connectivity index (χ0n) is 10.8. The lowest BCUT2D eigenvalue weighted by molar-refractivity contribution is -0.136. The molecule has 1 heterocycles. The maximum absolute atomic E-state index is 12.9. The SMILES string of the molecule is CNc1c(C(=O)Nc2nccnn2)cccc1C(F)(F)F. The minimum atomic E-state index is -4.57. The van der Waals surface area contributed by atoms with Crippen LogP contribution in [0.4, 0.5) is 24.8 Å². The Bertz CT molecular complexity index is 645. The molecule has 0 aliphatic heterocycles. The molecule has 0 saturated carbocycles. The van der Waals surface area contributed by atoms with Gasteiger partial charge in [0.2, 0.25) is 5.95 Å². The Balaban J connectivity index is 2.38. The lowest BCUT2D eigenvalue weighted by atomic mass is 10.1. The summed E-state index contributed by atoms with van der Waals surface area (Å²) in [6, 6.07) is 3.32. The quantitative estimate of drug-likeness (QED) is 0.907. The van der Waals surface area contributed by atoms with Gasteiger partial charge in [-0.3, -0.25) is 10.1 Å². The molecular weight excluding hydrogens is 287 g/mol. The summed E-state index contributed by atoms with van der Waals surface area (Å²) in [6.07, 6.45) is -1.97. The smallest absolute Gasteiger partial charge is 0.387 e. The van der Waals surface area contributed by atoms with E-state index < -0.39 is 17.6 Å². The van der Waals surface area contributed by atoms with Crippen molar-refractivity contribution in [2.24, 2.45) is 0 Å². The average molecular weight is 297 g/mol. The third-order valence-corrected chi connectivity index (χ3v) is 2.57. The summed E-state index contributed by atoms with van der Waals surface area (Å²) in [4.78, 5) is 15.8. The highest BCUT2D eigenvalue weighted by Crippen LogP contribution is 2.36. The Hall–Kier alpha value is -2.71. The number of para-hydroxylation sites is 1. The number of rotatable bonds is 3. The lowest BCUT2D eigenvalue weighted by Gasteiger charge is -2.15. The van der Waals surface area contributed by atoms with Crippen molar-refractivity contribution in [1.29, 1.82) is 0 Å². The zero-order chi connectivity index (χ0) is 15.5. The van der Waals surface area contributed by atoms with E-state index in [0.29, 0.717) is 0 Å². The fourth-order valence-corrected chi connectivity index (χ4v) is 1.72. The topological polar surface area (TPSA) is 79.8 Å². The van der Waals surface area contributed by atoms with E-state index in [4.69, 9.17) is 0 Å². The molecule has 0 atom stereocenters. The molecule has 0 aliphatic carbocycles. The van der Waals surface area contributed by atoms with E-state index >= 15 is 0 Å². The Kier molecular flexibility index (Phi) is 4.01. The predicted octanol–water partition coefficient (Wildman–Crippen LogP) is 2.18. The van der Waals surface area contributed by atoms with Gasteiger partial charge in [0, 0.05) is 7.05 Å². The number of hydrogen-bond acceptors (Lipinski definition) is 5. The lowest BCUT2D eigenvalue weighted by Crippen LogP contribution is -2.19. The predicted molar refractivity (Wildman–Crippen MR) is 68.8 cm³/mol. The van der Waals surface area contributed by atoms with Crippen LogP contribution >= 0.6 is 0 Å². The van der Waals surface area contributed by atoms with Gasteiger partial charge in [-0.05, 0) is 12.1 Å². The number of hydrogen-bond donors (Lipinski definition) is 2. The van der Waals surface area contributed by atoms with E-state index in [1.807, 2.05) is 0 Å². The highest BCUT2D eigenvalue weighted by Gasteiger charge is 2.35. The molecule has 2 rings (SSSR count). The Morgan fingerprint density at radius 2 is 2.00 bits per heavy atom. The van der Waals surface area contributed by atoms with E-state index in [-0.39, 0.29) is 17.2 Å². The first-order valence-corrected chi connectivity index (χ1v) is 5.76. The second-order valence-corrected chi connectivity index (χ2v) is 3.90. The van der Waals surface area contributed by atoms with Gasteiger partial charge in [0.1, 0.15) is 0 Å². The minimum Gasteiger partial charge on any atom is -0.387 e. The van der Waals surface area contributed by atoms with Gasteiger partial charge in [0.05, 0.1) is 29.2 Å². The number of anilines is 2. The third-order valence-electron chi connectivity index (χ3n) is 2.57. The van der Waals surface area contributed by atoms with Gasteiger partial charge >= 0.3 is 6.18 Å². The molecule has 0 spiro atoms. The molecule has 1 aromatic heterocycles. The standard InChI is InChI=1S/C12H10F3N5O/c1-16-9-7(3-2-4-8(9)12(13,14)15)10(21)19-11-17-5-6-18-20-11/h2-6,16H,1H3,(H,17,19,20,21). The fraction of sp³-hybridized carbons (Fsp3) is 0.167. The Labute approximate surface area is 117 Å². The number of benzene rings is 1. The number of nitrogens with zero attached hydrogens (tertiary/aromatic N) is 3. The maximum Gasteiger partial charge on any atom is 0.418 e. The van der Waals surface area contributed by atoms with Crippen LogP contribution in [0, 0.1) is 0 Å². The summed E-state index contributed by atoms with van der Waals surface area (Å²) in [6.45, 7) is 0. The Morgan fingerprint density at radius 1 is 1.24 bits per heavy atom. The van der Waals surface area contributed by atoms with Crippen molar-refractivity contribution in [2.45, 2.75) is 6.18 Å². The van der Waals surface area contributed by atoms with Crippen LogP contribution in [0.15, 0.2) is 30.6 Å². The van der Waals surface area contributed by atoms with Crippen LogP contribution in [0.25, 0.3) is 0 Å². The number of nitrogens with one attached hydrogen (secondary N) is 2. The van der Waals surface area contributed by atoms with Crippen molar-refractivity contribution in [2.75, 3.05) is 17.7 Å². The van der Waals surface area contributed by atoms with Crippen LogP contribution in [-0.4, -0.2) is 28.1 Å². The molecule has 2 N–H and O–H groups in total. The molecular formula is C12H10F3N5O. The van der Waals surface area contributed by atoms with E-state index in [1.54, 1.807) is 0 Å². The van der Waals surface area contributed by atoms with Crippen LogP contribution in [-0.2, 0) is 6.18 Å². The first-order chi connectivity index (χ1) is 9.93. The second kappa shape index (κ2) is 5.73. The largest absolute Gasteiger partial charge is 0.418 e. The summed E-state index contributed by atoms with van der Waals surface area (Å²) >= 11 is 0. The molecule has 0 aliphatic rings. The van der Waals surface area contributed by atoms with Gasteiger partial charge in [-0.2, -0.15) is 18.3 Å². The normalized spacial score (nSPS) is 11.0. The first kappa shape index (κ1) is 14.7. The van der Waals surface area contributed by atoms with Gasteiger partial charge in [-0.25, -0.2) is 4.98 Å². The van der Waals surface area contributed by atoms with E-state index in [2.05, 4.69) is 25.8 Å². The van der Waals surface area contributed by atoms with E-state index in [0.717, 1.165) is 12.1 Å². The number of aromatic nitrogens is 3. The van der Waals surface area contributed by atoms with Crippen molar-refractivity contribution in [3.63, 3.8) is 0 Å².